The summed E-state index contributed by atoms with van der Waals surface area (Å²) >= 11 is 0. The lowest BCUT2D eigenvalue weighted by molar-refractivity contribution is 0.0474. The lowest BCUT2D eigenvalue weighted by atomic mass is 9.91. The third kappa shape index (κ3) is 4.30. The minimum Gasteiger partial charge on any atom is -0.487 e. The number of aryl methyl sites for hydroxylation is 1. The fourth-order valence-electron chi connectivity index (χ4n) is 3.55. The van der Waals surface area contributed by atoms with Crippen molar-refractivity contribution in [2.24, 2.45) is 0 Å². The Hall–Kier alpha value is -3.34. The van der Waals surface area contributed by atoms with Crippen molar-refractivity contribution in [3.63, 3.8) is 0 Å². The first kappa shape index (κ1) is 21.4. The number of esters is 2. The molecule has 0 aromatic heterocycles. The van der Waals surface area contributed by atoms with Crippen molar-refractivity contribution in [3.8, 4) is 5.75 Å². The van der Waals surface area contributed by atoms with Crippen molar-refractivity contribution in [2.75, 3.05) is 13.2 Å². The highest BCUT2D eigenvalue weighted by Crippen LogP contribution is 2.38. The van der Waals surface area contributed by atoms with Crippen molar-refractivity contribution in [3.05, 3.63) is 76.9 Å². The number of hydrogen-bond donors (Lipinski definition) is 0. The lowest BCUT2D eigenvalue weighted by Gasteiger charge is -2.20. The zero-order chi connectivity index (χ0) is 21.5. The van der Waals surface area contributed by atoms with E-state index in [2.05, 4.69) is 0 Å². The van der Waals surface area contributed by atoms with E-state index in [-0.39, 0.29) is 30.9 Å². The van der Waals surface area contributed by atoms with Crippen LogP contribution in [0.1, 0.15) is 52.6 Å². The third-order valence-electron chi connectivity index (χ3n) is 4.81. The molecular weight excluding hydrogens is 380 g/mol. The molecule has 0 saturated carbocycles. The van der Waals surface area contributed by atoms with Gasteiger partial charge in [0.25, 0.3) is 0 Å². The van der Waals surface area contributed by atoms with Gasteiger partial charge in [0.15, 0.2) is 0 Å². The molecule has 0 heterocycles. The maximum atomic E-state index is 13.0. The second-order valence-corrected chi connectivity index (χ2v) is 6.67. The van der Waals surface area contributed by atoms with Gasteiger partial charge in [-0.2, -0.15) is 0 Å². The quantitative estimate of drug-likeness (QED) is 0.473. The summed E-state index contributed by atoms with van der Waals surface area (Å²) in [6, 6.07) is 17.3. The number of fused-ring (bicyclic) bond motifs is 1. The van der Waals surface area contributed by atoms with Crippen LogP contribution in [-0.2, 0) is 22.5 Å². The zero-order valence-corrected chi connectivity index (χ0v) is 17.6. The van der Waals surface area contributed by atoms with Crippen LogP contribution in [0.15, 0.2) is 54.6 Å². The third-order valence-corrected chi connectivity index (χ3v) is 4.81. The van der Waals surface area contributed by atoms with E-state index in [4.69, 9.17) is 14.2 Å². The maximum Gasteiger partial charge on any atom is 0.342 e. The number of hydrogen-bond acceptors (Lipinski definition) is 5. The highest BCUT2D eigenvalue weighted by atomic mass is 16.5. The van der Waals surface area contributed by atoms with Crippen LogP contribution in [0, 0.1) is 0 Å². The highest BCUT2D eigenvalue weighted by molar-refractivity contribution is 6.13. The summed E-state index contributed by atoms with van der Waals surface area (Å²) in [6.45, 7) is 6.06. The Kier molecular flexibility index (Phi) is 7.07. The Morgan fingerprint density at radius 1 is 0.733 bits per heavy atom. The molecule has 0 unspecified atom stereocenters. The molecule has 3 rings (SSSR count). The smallest absolute Gasteiger partial charge is 0.342 e. The van der Waals surface area contributed by atoms with Crippen molar-refractivity contribution in [1.29, 1.82) is 0 Å². The molecule has 156 valence electrons. The molecular formula is C25H26O5. The molecule has 0 spiro atoms. The first-order chi connectivity index (χ1) is 14.6. The van der Waals surface area contributed by atoms with Crippen LogP contribution < -0.4 is 4.74 Å². The van der Waals surface area contributed by atoms with Gasteiger partial charge in [-0.15, -0.1) is 0 Å². The zero-order valence-electron chi connectivity index (χ0n) is 17.6. The molecule has 0 radical (unpaired) electrons. The summed E-state index contributed by atoms with van der Waals surface area (Å²) in [6.07, 6.45) is 0.556. The summed E-state index contributed by atoms with van der Waals surface area (Å²) in [5.41, 5.74) is 2.05. The molecule has 0 N–H and O–H groups in total. The van der Waals surface area contributed by atoms with Crippen LogP contribution in [0.5, 0.6) is 5.75 Å². The monoisotopic (exact) mass is 406 g/mol. The highest BCUT2D eigenvalue weighted by Gasteiger charge is 2.30. The normalized spacial score (nSPS) is 10.6. The molecule has 0 amide bonds. The summed E-state index contributed by atoms with van der Waals surface area (Å²) in [5, 5.41) is 1.63. The Morgan fingerprint density at radius 2 is 1.30 bits per heavy atom. The summed E-state index contributed by atoms with van der Waals surface area (Å²) < 4.78 is 16.8. The fourth-order valence-corrected chi connectivity index (χ4v) is 3.55. The SMILES string of the molecule is CCOC(=O)c1c(C(=O)OCC)c(OCc2ccccc2)c2ccccc2c1CC. The van der Waals surface area contributed by atoms with E-state index in [9.17, 15) is 9.59 Å². The van der Waals surface area contributed by atoms with Crippen LogP contribution >= 0.6 is 0 Å². The van der Waals surface area contributed by atoms with Gasteiger partial charge in [-0.05, 0) is 36.8 Å². The van der Waals surface area contributed by atoms with E-state index in [1.807, 2.05) is 61.5 Å². The molecule has 3 aromatic rings. The Balaban J connectivity index is 2.28. The fraction of sp³-hybridized carbons (Fsp3) is 0.280. The van der Waals surface area contributed by atoms with Gasteiger partial charge < -0.3 is 14.2 Å². The van der Waals surface area contributed by atoms with Crippen molar-refractivity contribution in [2.45, 2.75) is 33.8 Å². The molecule has 3 aromatic carbocycles. The van der Waals surface area contributed by atoms with E-state index in [0.29, 0.717) is 12.2 Å². The summed E-state index contributed by atoms with van der Waals surface area (Å²) in [4.78, 5) is 25.9. The topological polar surface area (TPSA) is 61.8 Å². The molecule has 30 heavy (non-hydrogen) atoms. The Bertz CT molecular complexity index is 1040. The minimum absolute atomic E-state index is 0.127. The summed E-state index contributed by atoms with van der Waals surface area (Å²) in [7, 11) is 0. The molecule has 0 aliphatic heterocycles. The molecule has 0 bridgehead atoms. The Morgan fingerprint density at radius 3 is 1.90 bits per heavy atom. The van der Waals surface area contributed by atoms with Gasteiger partial charge in [0, 0.05) is 5.39 Å². The number of ether oxygens (including phenoxy) is 3. The second kappa shape index (κ2) is 9.92. The number of carbonyl (C=O) groups is 2. The van der Waals surface area contributed by atoms with Gasteiger partial charge in [-0.3, -0.25) is 0 Å². The first-order valence-electron chi connectivity index (χ1n) is 10.2. The molecule has 0 aliphatic rings. The lowest BCUT2D eigenvalue weighted by Crippen LogP contribution is -2.19. The number of carbonyl (C=O) groups excluding carboxylic acids is 2. The van der Waals surface area contributed by atoms with E-state index < -0.39 is 11.9 Å². The van der Waals surface area contributed by atoms with Gasteiger partial charge in [0.05, 0.1) is 18.8 Å². The largest absolute Gasteiger partial charge is 0.487 e. The minimum atomic E-state index is -0.593. The molecule has 0 saturated heterocycles. The average molecular weight is 406 g/mol. The van der Waals surface area contributed by atoms with E-state index in [1.165, 1.54) is 0 Å². The van der Waals surface area contributed by atoms with Crippen molar-refractivity contribution in [1.82, 2.24) is 0 Å². The van der Waals surface area contributed by atoms with Gasteiger partial charge in [0.1, 0.15) is 17.9 Å². The first-order valence-corrected chi connectivity index (χ1v) is 10.2. The van der Waals surface area contributed by atoms with Gasteiger partial charge in [-0.1, -0.05) is 61.5 Å². The molecule has 0 fully saturated rings. The molecule has 0 atom stereocenters. The van der Waals surface area contributed by atoms with Gasteiger partial charge in [-0.25, -0.2) is 9.59 Å². The van der Waals surface area contributed by atoms with E-state index in [1.54, 1.807) is 13.8 Å². The van der Waals surface area contributed by atoms with Gasteiger partial charge in [0.2, 0.25) is 0 Å². The predicted octanol–water partition coefficient (Wildman–Crippen LogP) is 5.33. The number of benzene rings is 3. The van der Waals surface area contributed by atoms with Crippen LogP contribution in [0.2, 0.25) is 0 Å². The van der Waals surface area contributed by atoms with Crippen molar-refractivity contribution >= 4 is 22.7 Å². The van der Waals surface area contributed by atoms with Crippen LogP contribution in [0.25, 0.3) is 10.8 Å². The maximum absolute atomic E-state index is 13.0. The Labute approximate surface area is 176 Å². The predicted molar refractivity (Wildman–Crippen MR) is 116 cm³/mol. The average Bonchev–Trinajstić information content (AvgIpc) is 2.77. The number of rotatable bonds is 8. The summed E-state index contributed by atoms with van der Waals surface area (Å²) in [5.74, 6) is -0.801. The van der Waals surface area contributed by atoms with Crippen LogP contribution in [0.3, 0.4) is 0 Å². The van der Waals surface area contributed by atoms with E-state index >= 15 is 0 Å². The van der Waals surface area contributed by atoms with Gasteiger partial charge >= 0.3 is 11.9 Å². The molecule has 5 heteroatoms. The second-order valence-electron chi connectivity index (χ2n) is 6.67. The van der Waals surface area contributed by atoms with Crippen LogP contribution in [0.4, 0.5) is 0 Å². The molecule has 0 aliphatic carbocycles. The standard InChI is InChI=1S/C25H26O5/c1-4-18-19-14-10-11-15-20(19)23(30-16-17-12-8-7-9-13-17)22(25(27)29-6-3)21(18)24(26)28-5-2/h7-15H,4-6,16H2,1-3H3. The van der Waals surface area contributed by atoms with Crippen LogP contribution in [-0.4, -0.2) is 25.2 Å². The van der Waals surface area contributed by atoms with Crippen molar-refractivity contribution < 1.29 is 23.8 Å². The van der Waals surface area contributed by atoms with E-state index in [0.717, 1.165) is 21.9 Å². The molecule has 5 nitrogen and oxygen atoms in total.